The number of aromatic nitrogens is 1. The van der Waals surface area contributed by atoms with E-state index in [0.29, 0.717) is 11.3 Å². The van der Waals surface area contributed by atoms with Gasteiger partial charge in [-0.25, -0.2) is 14.4 Å². The van der Waals surface area contributed by atoms with Crippen molar-refractivity contribution in [1.29, 1.82) is 0 Å². The SMILES string of the molecule is CCOC(=O)c1c(NC(=O)COC(=O)c2[nH]c(C)c(C(=O)OC(C)C)c2C)oc(C)c1C(C)=O. The van der Waals surface area contributed by atoms with Gasteiger partial charge in [0.2, 0.25) is 5.88 Å². The molecule has 0 unspecified atom stereocenters. The van der Waals surface area contributed by atoms with E-state index in [1.807, 2.05) is 0 Å². The van der Waals surface area contributed by atoms with Crippen LogP contribution in [0.1, 0.15) is 86.3 Å². The van der Waals surface area contributed by atoms with Crippen LogP contribution >= 0.6 is 0 Å². The Kier molecular flexibility index (Phi) is 8.39. The minimum absolute atomic E-state index is 0.000859. The number of esters is 3. The Bertz CT molecular complexity index is 1140. The van der Waals surface area contributed by atoms with E-state index in [1.165, 1.54) is 13.8 Å². The van der Waals surface area contributed by atoms with Crippen LogP contribution < -0.4 is 5.32 Å². The second-order valence-electron chi connectivity index (χ2n) is 7.72. The summed E-state index contributed by atoms with van der Waals surface area (Å²) in [5.41, 5.74) is 0.736. The van der Waals surface area contributed by atoms with Gasteiger partial charge < -0.3 is 23.6 Å². The first kappa shape index (κ1) is 26.4. The molecule has 0 bridgehead atoms. The van der Waals surface area contributed by atoms with Gasteiger partial charge in [-0.15, -0.1) is 0 Å². The van der Waals surface area contributed by atoms with Gasteiger partial charge in [0.1, 0.15) is 17.0 Å². The first-order valence-corrected chi connectivity index (χ1v) is 10.6. The van der Waals surface area contributed by atoms with Crippen molar-refractivity contribution in [2.75, 3.05) is 18.5 Å². The molecule has 2 aromatic rings. The predicted molar refractivity (Wildman–Crippen MR) is 119 cm³/mol. The predicted octanol–water partition coefficient (Wildman–Crippen LogP) is 3.27. The molecule has 11 nitrogen and oxygen atoms in total. The highest BCUT2D eigenvalue weighted by Gasteiger charge is 2.29. The van der Waals surface area contributed by atoms with Gasteiger partial charge in [0.05, 0.1) is 23.8 Å². The summed E-state index contributed by atoms with van der Waals surface area (Å²) in [4.78, 5) is 64.2. The zero-order valence-electron chi connectivity index (χ0n) is 20.2. The van der Waals surface area contributed by atoms with E-state index in [4.69, 9.17) is 18.6 Å². The number of hydrogen-bond donors (Lipinski definition) is 2. The number of aryl methyl sites for hydroxylation is 2. The summed E-state index contributed by atoms with van der Waals surface area (Å²) in [5.74, 6) is -3.71. The van der Waals surface area contributed by atoms with Gasteiger partial charge in [0.25, 0.3) is 5.91 Å². The maximum Gasteiger partial charge on any atom is 0.355 e. The highest BCUT2D eigenvalue weighted by atomic mass is 16.5. The van der Waals surface area contributed by atoms with Crippen molar-refractivity contribution in [3.63, 3.8) is 0 Å². The van der Waals surface area contributed by atoms with Crippen molar-refractivity contribution in [2.24, 2.45) is 0 Å². The summed E-state index contributed by atoms with van der Waals surface area (Å²) in [5, 5.41) is 2.32. The third-order valence-corrected chi connectivity index (χ3v) is 4.69. The van der Waals surface area contributed by atoms with E-state index in [9.17, 15) is 24.0 Å². The van der Waals surface area contributed by atoms with Crippen molar-refractivity contribution in [3.05, 3.63) is 39.4 Å². The van der Waals surface area contributed by atoms with Crippen LogP contribution in [0.2, 0.25) is 0 Å². The molecule has 0 aliphatic heterocycles. The highest BCUT2D eigenvalue weighted by molar-refractivity contribution is 6.11. The zero-order valence-corrected chi connectivity index (χ0v) is 20.2. The molecule has 1 amide bonds. The summed E-state index contributed by atoms with van der Waals surface area (Å²) in [6.07, 6.45) is -0.339. The molecule has 2 heterocycles. The average molecular weight is 476 g/mol. The average Bonchev–Trinajstić information content (AvgIpc) is 3.21. The van der Waals surface area contributed by atoms with Gasteiger partial charge >= 0.3 is 17.9 Å². The number of anilines is 1. The summed E-state index contributed by atoms with van der Waals surface area (Å²) < 4.78 is 20.6. The van der Waals surface area contributed by atoms with Crippen molar-refractivity contribution in [3.8, 4) is 0 Å². The molecule has 0 aromatic carbocycles. The van der Waals surface area contributed by atoms with Crippen LogP contribution in [0.3, 0.4) is 0 Å². The van der Waals surface area contributed by atoms with E-state index in [0.717, 1.165) is 0 Å². The third-order valence-electron chi connectivity index (χ3n) is 4.69. The Labute approximate surface area is 196 Å². The van der Waals surface area contributed by atoms with Crippen LogP contribution in [0.4, 0.5) is 5.88 Å². The molecule has 0 radical (unpaired) electrons. The molecule has 0 fully saturated rings. The Morgan fingerprint density at radius 2 is 1.59 bits per heavy atom. The smallest absolute Gasteiger partial charge is 0.355 e. The third kappa shape index (κ3) is 5.72. The normalized spacial score (nSPS) is 10.7. The number of nitrogens with one attached hydrogen (secondary N) is 2. The van der Waals surface area contributed by atoms with Crippen molar-refractivity contribution < 1.29 is 42.6 Å². The van der Waals surface area contributed by atoms with Crippen LogP contribution in [-0.2, 0) is 19.0 Å². The summed E-state index contributed by atoms with van der Waals surface area (Å²) in [6, 6.07) is 0. The van der Waals surface area contributed by atoms with Crippen LogP contribution in [0, 0.1) is 20.8 Å². The molecule has 184 valence electrons. The molecule has 2 N–H and O–H groups in total. The number of aromatic amines is 1. The molecular weight excluding hydrogens is 448 g/mol. The number of ether oxygens (including phenoxy) is 3. The number of ketones is 1. The zero-order chi connectivity index (χ0) is 25.7. The number of carbonyl (C=O) groups is 5. The van der Waals surface area contributed by atoms with E-state index < -0.39 is 36.2 Å². The van der Waals surface area contributed by atoms with Crippen molar-refractivity contribution in [2.45, 2.75) is 54.6 Å². The second-order valence-corrected chi connectivity index (χ2v) is 7.72. The van der Waals surface area contributed by atoms with Crippen molar-refractivity contribution in [1.82, 2.24) is 4.98 Å². The second kappa shape index (κ2) is 10.8. The topological polar surface area (TPSA) is 154 Å². The molecule has 2 aromatic heterocycles. The van der Waals surface area contributed by atoms with Crippen LogP contribution in [0.5, 0.6) is 0 Å². The van der Waals surface area contributed by atoms with Gasteiger partial charge in [0.15, 0.2) is 12.4 Å². The summed E-state index contributed by atoms with van der Waals surface area (Å²) >= 11 is 0. The molecule has 0 saturated carbocycles. The molecule has 34 heavy (non-hydrogen) atoms. The number of Topliss-reactive ketones (excluding diaryl/α,β-unsaturated/α-hetero) is 1. The monoisotopic (exact) mass is 476 g/mol. The summed E-state index contributed by atoms with van der Waals surface area (Å²) in [6.45, 7) is 10.2. The lowest BCUT2D eigenvalue weighted by atomic mass is 10.1. The van der Waals surface area contributed by atoms with E-state index in [2.05, 4.69) is 10.3 Å². The fourth-order valence-corrected chi connectivity index (χ4v) is 3.35. The Morgan fingerprint density at radius 1 is 0.941 bits per heavy atom. The maximum absolute atomic E-state index is 12.5. The molecule has 0 aliphatic rings. The number of H-pyrrole nitrogens is 1. The number of hydrogen-bond acceptors (Lipinski definition) is 9. The lowest BCUT2D eigenvalue weighted by Gasteiger charge is -2.08. The molecule has 2 rings (SSSR count). The first-order valence-electron chi connectivity index (χ1n) is 10.6. The largest absolute Gasteiger partial charge is 0.462 e. The van der Waals surface area contributed by atoms with Crippen molar-refractivity contribution >= 4 is 35.5 Å². The summed E-state index contributed by atoms with van der Waals surface area (Å²) in [7, 11) is 0. The van der Waals surface area contributed by atoms with Gasteiger partial charge in [-0.05, 0) is 54.0 Å². The van der Waals surface area contributed by atoms with Crippen LogP contribution in [-0.4, -0.2) is 53.9 Å². The highest BCUT2D eigenvalue weighted by Crippen LogP contribution is 2.28. The lowest BCUT2D eigenvalue weighted by molar-refractivity contribution is -0.119. The Morgan fingerprint density at radius 3 is 2.15 bits per heavy atom. The van der Waals surface area contributed by atoms with Gasteiger partial charge in [-0.1, -0.05) is 0 Å². The standard InChI is InChI=1S/C23H28N2O9/c1-8-31-21(28)18-17(13(6)26)14(7)34-20(18)25-15(27)9-32-23(30)19-11(4)16(12(5)24-19)22(29)33-10(2)3/h10,24H,8-9H2,1-7H3,(H,25,27). The molecule has 0 spiro atoms. The fraction of sp³-hybridized carbons (Fsp3) is 0.435. The number of amides is 1. The molecular formula is C23H28N2O9. The fourth-order valence-electron chi connectivity index (χ4n) is 3.35. The van der Waals surface area contributed by atoms with E-state index in [1.54, 1.807) is 34.6 Å². The minimum Gasteiger partial charge on any atom is -0.462 e. The quantitative estimate of drug-likeness (QED) is 0.315. The van der Waals surface area contributed by atoms with Crippen LogP contribution in [0.15, 0.2) is 4.42 Å². The molecule has 0 aliphatic carbocycles. The van der Waals surface area contributed by atoms with Gasteiger partial charge in [-0.3, -0.25) is 14.9 Å². The van der Waals surface area contributed by atoms with E-state index in [-0.39, 0.29) is 46.7 Å². The Hall–Kier alpha value is -3.89. The van der Waals surface area contributed by atoms with Gasteiger partial charge in [0, 0.05) is 5.69 Å². The number of rotatable bonds is 9. The first-order chi connectivity index (χ1) is 15.9. The molecule has 0 atom stereocenters. The van der Waals surface area contributed by atoms with E-state index >= 15 is 0 Å². The minimum atomic E-state index is -0.870. The van der Waals surface area contributed by atoms with Crippen LogP contribution in [0.25, 0.3) is 0 Å². The van der Waals surface area contributed by atoms with Gasteiger partial charge in [-0.2, -0.15) is 0 Å². The molecule has 0 saturated heterocycles. The Balaban J connectivity index is 2.16. The molecule has 11 heteroatoms. The lowest BCUT2D eigenvalue weighted by Crippen LogP contribution is -2.22. The number of carbonyl (C=O) groups excluding carboxylic acids is 5. The maximum atomic E-state index is 12.5. The number of furan rings is 1.